The highest BCUT2D eigenvalue weighted by atomic mass is 16.6. The highest BCUT2D eigenvalue weighted by molar-refractivity contribution is 5.98. The summed E-state index contributed by atoms with van der Waals surface area (Å²) < 4.78 is 5.49. The molecule has 2 aliphatic heterocycles. The minimum absolute atomic E-state index is 0.117. The molecule has 1 spiro atoms. The number of carbonyl (C=O) groups excluding carboxylic acids is 3. The Kier molecular flexibility index (Phi) is 6.43. The Bertz CT molecular complexity index is 927. The van der Waals surface area contributed by atoms with Gasteiger partial charge in [-0.2, -0.15) is 0 Å². The number of non-ortho nitro benzene ring substituents is 1. The number of likely N-dealkylation sites (tertiary alicyclic amines) is 2. The van der Waals surface area contributed by atoms with Gasteiger partial charge in [0.05, 0.1) is 10.5 Å². The minimum Gasteiger partial charge on any atom is -0.444 e. The molecule has 2 heterocycles. The topological polar surface area (TPSA) is 122 Å². The maximum Gasteiger partial charge on any atom is 0.410 e. The monoisotopic (exact) mass is 446 g/mol. The zero-order valence-electron chi connectivity index (χ0n) is 18.9. The van der Waals surface area contributed by atoms with E-state index in [4.69, 9.17) is 4.74 Å². The number of amides is 3. The van der Waals surface area contributed by atoms with Crippen LogP contribution in [0.1, 0.15) is 57.3 Å². The van der Waals surface area contributed by atoms with E-state index in [1.807, 2.05) is 20.8 Å². The summed E-state index contributed by atoms with van der Waals surface area (Å²) in [6.45, 7) is 8.58. The lowest BCUT2D eigenvalue weighted by Crippen LogP contribution is -2.71. The molecule has 174 valence electrons. The molecule has 0 aromatic heterocycles. The first-order valence-corrected chi connectivity index (χ1v) is 10.8. The Labute approximate surface area is 187 Å². The minimum atomic E-state index is -0.809. The van der Waals surface area contributed by atoms with Crippen LogP contribution in [0.25, 0.3) is 0 Å². The van der Waals surface area contributed by atoms with Crippen molar-refractivity contribution < 1.29 is 24.0 Å². The first kappa shape index (κ1) is 23.5. The quantitative estimate of drug-likeness (QED) is 0.560. The van der Waals surface area contributed by atoms with Crippen molar-refractivity contribution in [2.75, 3.05) is 19.6 Å². The van der Waals surface area contributed by atoms with Crippen molar-refractivity contribution >= 4 is 23.6 Å². The normalized spacial score (nSPS) is 21.5. The summed E-state index contributed by atoms with van der Waals surface area (Å²) in [4.78, 5) is 51.9. The van der Waals surface area contributed by atoms with Gasteiger partial charge in [0, 0.05) is 37.3 Å². The molecule has 10 nitrogen and oxygen atoms in total. The third-order valence-electron chi connectivity index (χ3n) is 5.88. The number of carbonyl (C=O) groups is 3. The van der Waals surface area contributed by atoms with E-state index in [1.165, 1.54) is 24.3 Å². The molecular formula is C22H30N4O6. The highest BCUT2D eigenvalue weighted by Gasteiger charge is 2.51. The van der Waals surface area contributed by atoms with Crippen molar-refractivity contribution in [3.05, 3.63) is 39.9 Å². The fraction of sp³-hybridized carbons (Fsp3) is 0.591. The second-order valence-electron chi connectivity index (χ2n) is 9.47. The molecule has 0 aliphatic carbocycles. The van der Waals surface area contributed by atoms with Gasteiger partial charge >= 0.3 is 6.09 Å². The molecule has 0 unspecified atom stereocenters. The van der Waals surface area contributed by atoms with Crippen LogP contribution in [-0.2, 0) is 9.53 Å². The fourth-order valence-corrected chi connectivity index (χ4v) is 4.24. The van der Waals surface area contributed by atoms with Crippen LogP contribution in [0.15, 0.2) is 24.3 Å². The highest BCUT2D eigenvalue weighted by Crippen LogP contribution is 2.39. The van der Waals surface area contributed by atoms with E-state index < -0.39 is 28.0 Å². The van der Waals surface area contributed by atoms with Crippen LogP contribution in [0.2, 0.25) is 0 Å². The summed E-state index contributed by atoms with van der Waals surface area (Å²) in [6.07, 6.45) is 1.94. The van der Waals surface area contributed by atoms with Crippen LogP contribution >= 0.6 is 0 Å². The van der Waals surface area contributed by atoms with Crippen molar-refractivity contribution in [3.8, 4) is 0 Å². The van der Waals surface area contributed by atoms with Crippen LogP contribution < -0.4 is 5.32 Å². The van der Waals surface area contributed by atoms with Gasteiger partial charge in [0.2, 0.25) is 5.91 Å². The molecule has 0 bridgehead atoms. The van der Waals surface area contributed by atoms with Crippen LogP contribution in [0.4, 0.5) is 10.5 Å². The number of piperidine rings is 1. The van der Waals surface area contributed by atoms with Gasteiger partial charge in [-0.3, -0.25) is 19.7 Å². The number of hydrogen-bond donors (Lipinski definition) is 1. The van der Waals surface area contributed by atoms with Gasteiger partial charge < -0.3 is 19.9 Å². The van der Waals surface area contributed by atoms with Gasteiger partial charge in [-0.1, -0.05) is 6.07 Å². The van der Waals surface area contributed by atoms with Gasteiger partial charge in [0.25, 0.3) is 11.6 Å². The second-order valence-corrected chi connectivity index (χ2v) is 9.47. The number of rotatable bonds is 4. The Morgan fingerprint density at radius 3 is 2.53 bits per heavy atom. The third kappa shape index (κ3) is 5.00. The lowest BCUT2D eigenvalue weighted by molar-refractivity contribution is -0.384. The summed E-state index contributed by atoms with van der Waals surface area (Å²) in [5.74, 6) is -0.788. The summed E-state index contributed by atoms with van der Waals surface area (Å²) in [7, 11) is 0. The molecule has 32 heavy (non-hydrogen) atoms. The SMILES string of the molecule is C[C@H](NC(=O)c1cccc([N+](=O)[O-])c1)C(=O)N1CC[C@@]12CCCN(C(=O)OC(C)(C)C)C2. The zero-order chi connectivity index (χ0) is 23.7. The Balaban J connectivity index is 1.64. The van der Waals surface area contributed by atoms with Gasteiger partial charge in [-0.05, 0) is 53.0 Å². The number of nitrogens with one attached hydrogen (secondary N) is 1. The van der Waals surface area contributed by atoms with E-state index in [-0.39, 0.29) is 23.3 Å². The van der Waals surface area contributed by atoms with Crippen molar-refractivity contribution in [2.24, 2.45) is 0 Å². The summed E-state index contributed by atoms with van der Waals surface area (Å²) in [5, 5.41) is 13.6. The molecule has 1 N–H and O–H groups in total. The van der Waals surface area contributed by atoms with Crippen LogP contribution in [0.3, 0.4) is 0 Å². The Morgan fingerprint density at radius 2 is 1.94 bits per heavy atom. The lowest BCUT2D eigenvalue weighted by Gasteiger charge is -2.57. The average molecular weight is 447 g/mol. The molecule has 0 radical (unpaired) electrons. The van der Waals surface area contributed by atoms with Crippen molar-refractivity contribution in [1.82, 2.24) is 15.1 Å². The van der Waals surface area contributed by atoms with Crippen LogP contribution in [0.5, 0.6) is 0 Å². The Hall–Kier alpha value is -3.17. The molecule has 2 aliphatic rings. The Morgan fingerprint density at radius 1 is 1.22 bits per heavy atom. The van der Waals surface area contributed by atoms with E-state index in [2.05, 4.69) is 5.32 Å². The van der Waals surface area contributed by atoms with Crippen molar-refractivity contribution in [1.29, 1.82) is 0 Å². The molecule has 3 rings (SSSR count). The third-order valence-corrected chi connectivity index (χ3v) is 5.88. The molecule has 1 aromatic carbocycles. The van der Waals surface area contributed by atoms with E-state index in [0.717, 1.165) is 19.3 Å². The molecule has 2 atom stereocenters. The molecule has 0 saturated carbocycles. The van der Waals surface area contributed by atoms with Gasteiger partial charge in [0.1, 0.15) is 11.6 Å². The first-order valence-electron chi connectivity index (χ1n) is 10.8. The predicted molar refractivity (Wildman–Crippen MR) is 116 cm³/mol. The molecule has 1 aromatic rings. The zero-order valence-corrected chi connectivity index (χ0v) is 18.9. The second kappa shape index (κ2) is 8.76. The number of hydrogen-bond acceptors (Lipinski definition) is 6. The van der Waals surface area contributed by atoms with E-state index in [1.54, 1.807) is 16.7 Å². The summed E-state index contributed by atoms with van der Waals surface area (Å²) >= 11 is 0. The predicted octanol–water partition coefficient (Wildman–Crippen LogP) is 2.72. The first-order chi connectivity index (χ1) is 14.9. The average Bonchev–Trinajstić information content (AvgIpc) is 2.71. The fourth-order valence-electron chi connectivity index (χ4n) is 4.24. The van der Waals surface area contributed by atoms with Gasteiger partial charge in [-0.25, -0.2) is 4.79 Å². The smallest absolute Gasteiger partial charge is 0.410 e. The number of ether oxygens (including phenoxy) is 1. The largest absolute Gasteiger partial charge is 0.444 e. The molecule has 3 amide bonds. The molecular weight excluding hydrogens is 416 g/mol. The number of nitro benzene ring substituents is 1. The maximum atomic E-state index is 13.1. The summed E-state index contributed by atoms with van der Waals surface area (Å²) in [6, 6.07) is 4.56. The van der Waals surface area contributed by atoms with Crippen molar-refractivity contribution in [2.45, 2.75) is 64.1 Å². The standard InChI is InChI=1S/C22H30N4O6/c1-15(23-18(27)16-7-5-8-17(13-16)26(30)31)19(28)25-12-10-22(25)9-6-11-24(14-22)20(29)32-21(2,3)4/h5,7-8,13,15H,6,9-12,14H2,1-4H3,(H,23,27)/t15-,22+/m0/s1. The van der Waals surface area contributed by atoms with Gasteiger partial charge in [0.15, 0.2) is 0 Å². The van der Waals surface area contributed by atoms with E-state index in [9.17, 15) is 24.5 Å². The van der Waals surface area contributed by atoms with Crippen LogP contribution in [0, 0.1) is 10.1 Å². The van der Waals surface area contributed by atoms with Crippen molar-refractivity contribution in [3.63, 3.8) is 0 Å². The van der Waals surface area contributed by atoms with Crippen LogP contribution in [-0.4, -0.2) is 69.4 Å². The lowest BCUT2D eigenvalue weighted by atomic mass is 9.77. The molecule has 10 heteroatoms. The van der Waals surface area contributed by atoms with E-state index in [0.29, 0.717) is 19.6 Å². The number of benzene rings is 1. The summed E-state index contributed by atoms with van der Waals surface area (Å²) in [5.41, 5.74) is -1.12. The molecule has 2 fully saturated rings. The van der Waals surface area contributed by atoms with E-state index >= 15 is 0 Å². The maximum absolute atomic E-state index is 13.1. The van der Waals surface area contributed by atoms with Gasteiger partial charge in [-0.15, -0.1) is 0 Å². The molecule has 2 saturated heterocycles. The number of nitrogens with zero attached hydrogens (tertiary/aromatic N) is 3. The number of nitro groups is 1.